The van der Waals surface area contributed by atoms with E-state index in [0.29, 0.717) is 10.9 Å². The molecular formula is C13H9N5S2. The van der Waals surface area contributed by atoms with Crippen molar-refractivity contribution in [3.63, 3.8) is 0 Å². The Balaban J connectivity index is 1.97. The summed E-state index contributed by atoms with van der Waals surface area (Å²) in [5.41, 5.74) is 8.51. The zero-order chi connectivity index (χ0) is 14.1. The lowest BCUT2D eigenvalue weighted by molar-refractivity contribution is 0.919. The molecule has 0 atom stereocenters. The lowest BCUT2D eigenvalue weighted by Gasteiger charge is -1.98. The van der Waals surface area contributed by atoms with Crippen molar-refractivity contribution < 1.29 is 0 Å². The Morgan fingerprint density at radius 3 is 2.90 bits per heavy atom. The van der Waals surface area contributed by atoms with Gasteiger partial charge in [-0.05, 0) is 43.0 Å². The number of hydrogen-bond donors (Lipinski definition) is 1. The van der Waals surface area contributed by atoms with E-state index in [1.54, 1.807) is 6.07 Å². The van der Waals surface area contributed by atoms with E-state index in [1.807, 2.05) is 31.2 Å². The van der Waals surface area contributed by atoms with Gasteiger partial charge in [-0.1, -0.05) is 0 Å². The van der Waals surface area contributed by atoms with Gasteiger partial charge in [0.15, 0.2) is 9.50 Å². The van der Waals surface area contributed by atoms with Crippen LogP contribution in [0, 0.1) is 18.3 Å². The van der Waals surface area contributed by atoms with Crippen LogP contribution in [0.1, 0.15) is 11.4 Å². The quantitative estimate of drug-likeness (QED) is 0.578. The average molecular weight is 299 g/mol. The molecule has 0 amide bonds. The highest BCUT2D eigenvalue weighted by atomic mass is 32.2. The molecule has 3 aromatic rings. The van der Waals surface area contributed by atoms with Gasteiger partial charge >= 0.3 is 0 Å². The fourth-order valence-corrected chi connectivity index (χ4v) is 3.72. The highest BCUT2D eigenvalue weighted by Crippen LogP contribution is 2.33. The molecule has 0 unspecified atom stereocenters. The number of nitrogens with two attached hydrogens (primary N) is 1. The summed E-state index contributed by atoms with van der Waals surface area (Å²) in [6, 6.07) is 9.30. The second-order valence-corrected chi connectivity index (χ2v) is 6.34. The van der Waals surface area contributed by atoms with Crippen LogP contribution in [0.25, 0.3) is 10.2 Å². The molecule has 2 N–H and O–H groups in total. The van der Waals surface area contributed by atoms with Crippen LogP contribution in [0.4, 0.5) is 5.69 Å². The fraction of sp³-hybridized carbons (Fsp3) is 0.0769. The van der Waals surface area contributed by atoms with Crippen molar-refractivity contribution in [2.24, 2.45) is 0 Å². The lowest BCUT2D eigenvalue weighted by atomic mass is 10.3. The molecule has 20 heavy (non-hydrogen) atoms. The molecule has 2 heterocycles. The number of aromatic nitrogens is 3. The number of aryl methyl sites for hydroxylation is 1. The minimum Gasteiger partial charge on any atom is -0.399 e. The Kier molecular flexibility index (Phi) is 3.26. The molecule has 0 aliphatic heterocycles. The molecule has 3 rings (SSSR count). The van der Waals surface area contributed by atoms with Gasteiger partial charge in [-0.25, -0.2) is 15.0 Å². The predicted molar refractivity (Wildman–Crippen MR) is 79.6 cm³/mol. The summed E-state index contributed by atoms with van der Waals surface area (Å²) in [7, 11) is 0. The number of rotatable bonds is 2. The van der Waals surface area contributed by atoms with Gasteiger partial charge in [0.25, 0.3) is 0 Å². The molecule has 1 aromatic carbocycles. The van der Waals surface area contributed by atoms with Gasteiger partial charge in [0.1, 0.15) is 11.8 Å². The third-order valence-corrected chi connectivity index (χ3v) is 4.46. The third kappa shape index (κ3) is 2.57. The monoisotopic (exact) mass is 299 g/mol. The number of thiazole rings is 1. The van der Waals surface area contributed by atoms with E-state index in [4.69, 9.17) is 11.0 Å². The van der Waals surface area contributed by atoms with E-state index in [2.05, 4.69) is 15.0 Å². The molecule has 2 aromatic heterocycles. The maximum atomic E-state index is 8.92. The number of nitriles is 1. The molecule has 0 spiro atoms. The molecule has 5 nitrogen and oxygen atoms in total. The number of fused-ring (bicyclic) bond motifs is 1. The zero-order valence-electron chi connectivity index (χ0n) is 10.5. The van der Waals surface area contributed by atoms with Crippen molar-refractivity contribution >= 4 is 39.0 Å². The van der Waals surface area contributed by atoms with Crippen molar-refractivity contribution in [2.75, 3.05) is 5.73 Å². The summed E-state index contributed by atoms with van der Waals surface area (Å²) in [6.45, 7) is 1.84. The first kappa shape index (κ1) is 12.8. The minimum atomic E-state index is 0.366. The molecule has 98 valence electrons. The van der Waals surface area contributed by atoms with Gasteiger partial charge in [0.05, 0.1) is 10.2 Å². The van der Waals surface area contributed by atoms with Crippen LogP contribution in [0.2, 0.25) is 0 Å². The van der Waals surface area contributed by atoms with Gasteiger partial charge in [-0.3, -0.25) is 0 Å². The highest BCUT2D eigenvalue weighted by molar-refractivity contribution is 8.01. The number of benzene rings is 1. The first-order valence-corrected chi connectivity index (χ1v) is 7.37. The Bertz CT molecular complexity index is 834. The smallest absolute Gasteiger partial charge is 0.196 e. The molecule has 0 saturated carbocycles. The van der Waals surface area contributed by atoms with Crippen molar-refractivity contribution in [3.05, 3.63) is 35.7 Å². The second kappa shape index (κ2) is 5.07. The second-order valence-electron chi connectivity index (χ2n) is 4.10. The summed E-state index contributed by atoms with van der Waals surface area (Å²) in [5, 5.41) is 9.46. The van der Waals surface area contributed by atoms with Crippen molar-refractivity contribution in [2.45, 2.75) is 16.4 Å². The van der Waals surface area contributed by atoms with E-state index >= 15 is 0 Å². The number of nitrogen functional groups attached to an aromatic ring is 1. The van der Waals surface area contributed by atoms with E-state index < -0.39 is 0 Å². The molecule has 0 aliphatic carbocycles. The maximum Gasteiger partial charge on any atom is 0.196 e. The number of anilines is 1. The molecule has 0 bridgehead atoms. The highest BCUT2D eigenvalue weighted by Gasteiger charge is 2.09. The first-order valence-electron chi connectivity index (χ1n) is 5.74. The Morgan fingerprint density at radius 2 is 2.10 bits per heavy atom. The number of hydrogen-bond acceptors (Lipinski definition) is 7. The van der Waals surface area contributed by atoms with Gasteiger partial charge in [-0.2, -0.15) is 5.26 Å². The van der Waals surface area contributed by atoms with Crippen LogP contribution in [-0.4, -0.2) is 15.0 Å². The van der Waals surface area contributed by atoms with Crippen molar-refractivity contribution in [1.29, 1.82) is 5.26 Å². The molecule has 0 saturated heterocycles. The topological polar surface area (TPSA) is 88.5 Å². The standard InChI is InChI=1S/C13H9N5S2/c1-7-4-9(6-14)17-12(16-7)20-13-18-10-3-2-8(15)5-11(10)19-13/h2-5H,15H2,1H3. The Labute approximate surface area is 123 Å². The predicted octanol–water partition coefficient (Wildman–Crippen LogP) is 3.00. The summed E-state index contributed by atoms with van der Waals surface area (Å²) in [4.78, 5) is 13.0. The van der Waals surface area contributed by atoms with Crippen LogP contribution in [0.5, 0.6) is 0 Å². The van der Waals surface area contributed by atoms with Crippen LogP contribution < -0.4 is 5.73 Å². The van der Waals surface area contributed by atoms with Crippen LogP contribution in [0.15, 0.2) is 33.8 Å². The fourth-order valence-electron chi connectivity index (χ4n) is 1.69. The van der Waals surface area contributed by atoms with Gasteiger partial charge in [-0.15, -0.1) is 11.3 Å². The van der Waals surface area contributed by atoms with Crippen LogP contribution in [0.3, 0.4) is 0 Å². The molecule has 7 heteroatoms. The van der Waals surface area contributed by atoms with Crippen molar-refractivity contribution in [1.82, 2.24) is 15.0 Å². The number of nitrogens with zero attached hydrogens (tertiary/aromatic N) is 4. The van der Waals surface area contributed by atoms with Gasteiger partial charge < -0.3 is 5.73 Å². The van der Waals surface area contributed by atoms with Gasteiger partial charge in [0, 0.05) is 11.4 Å². The normalized spacial score (nSPS) is 10.6. The Hall–Kier alpha value is -2.17. The summed E-state index contributed by atoms with van der Waals surface area (Å²) in [5.74, 6) is 0. The average Bonchev–Trinajstić information content (AvgIpc) is 2.79. The summed E-state index contributed by atoms with van der Waals surface area (Å²) in [6.07, 6.45) is 0. The van der Waals surface area contributed by atoms with E-state index in [0.717, 1.165) is 25.9 Å². The maximum absolute atomic E-state index is 8.92. The SMILES string of the molecule is Cc1cc(C#N)nc(Sc2nc3ccc(N)cc3s2)n1. The van der Waals surface area contributed by atoms with E-state index in [1.165, 1.54) is 23.1 Å². The van der Waals surface area contributed by atoms with Gasteiger partial charge in [0.2, 0.25) is 0 Å². The summed E-state index contributed by atoms with van der Waals surface area (Å²) < 4.78 is 1.86. The van der Waals surface area contributed by atoms with Crippen LogP contribution in [-0.2, 0) is 0 Å². The third-order valence-electron chi connectivity index (χ3n) is 2.52. The van der Waals surface area contributed by atoms with Crippen LogP contribution >= 0.6 is 23.1 Å². The largest absolute Gasteiger partial charge is 0.399 e. The molecule has 0 radical (unpaired) electrons. The summed E-state index contributed by atoms with van der Waals surface area (Å²) >= 11 is 2.89. The molecular weight excluding hydrogens is 290 g/mol. The molecule has 0 aliphatic rings. The van der Waals surface area contributed by atoms with E-state index in [9.17, 15) is 0 Å². The molecule has 0 fully saturated rings. The Morgan fingerprint density at radius 1 is 1.25 bits per heavy atom. The lowest BCUT2D eigenvalue weighted by Crippen LogP contribution is -1.93. The van der Waals surface area contributed by atoms with Crippen molar-refractivity contribution in [3.8, 4) is 6.07 Å². The minimum absolute atomic E-state index is 0.366. The van der Waals surface area contributed by atoms with E-state index in [-0.39, 0.29) is 0 Å². The first-order chi connectivity index (χ1) is 9.64. The zero-order valence-corrected chi connectivity index (χ0v) is 12.1.